The average molecular weight is 1180 g/mol. The fraction of sp³-hybridized carbons (Fsp3) is 0.314. The first-order chi connectivity index (χ1) is 35.7. The van der Waals surface area contributed by atoms with Gasteiger partial charge in [-0.2, -0.15) is 8.42 Å². The second-order valence-corrected chi connectivity index (χ2v) is 20.4. The van der Waals surface area contributed by atoms with E-state index < -0.39 is 33.3 Å². The number of aromatic nitrogens is 3. The molecule has 5 N–H and O–H groups in total. The van der Waals surface area contributed by atoms with Crippen LogP contribution in [0.4, 0.5) is 5.69 Å². The lowest BCUT2D eigenvalue weighted by molar-refractivity contribution is -0.172. The summed E-state index contributed by atoms with van der Waals surface area (Å²) in [6.07, 6.45) is 0.475. The molecule has 6 aromatic rings. The van der Waals surface area contributed by atoms with Crippen LogP contribution < -0.4 is 35.8 Å². The maximum Gasteiger partial charge on any atom is 0.343 e. The molecule has 392 valence electrons. The van der Waals surface area contributed by atoms with Gasteiger partial charge in [-0.3, -0.25) is 23.7 Å². The number of aliphatic hydroxyl groups is 2. The van der Waals surface area contributed by atoms with Crippen LogP contribution in [0.1, 0.15) is 92.9 Å². The van der Waals surface area contributed by atoms with Crippen molar-refractivity contribution >= 4 is 82.1 Å². The molecule has 0 unspecified atom stereocenters. The van der Waals surface area contributed by atoms with Crippen LogP contribution in [0.5, 0.6) is 23.0 Å². The average Bonchev–Trinajstić information content (AvgIpc) is 4.24. The van der Waals surface area contributed by atoms with E-state index in [-0.39, 0.29) is 95.8 Å². The van der Waals surface area contributed by atoms with E-state index in [2.05, 4.69) is 31.9 Å². The Labute approximate surface area is 443 Å². The van der Waals surface area contributed by atoms with Gasteiger partial charge in [-0.1, -0.05) is 63.4 Å². The zero-order valence-corrected chi connectivity index (χ0v) is 44.2. The van der Waals surface area contributed by atoms with Crippen LogP contribution in [0.2, 0.25) is 0 Å². The van der Waals surface area contributed by atoms with E-state index in [1.807, 2.05) is 19.1 Å². The molecular weight excluding hydrogens is 1130 g/mol. The number of nitrogens with two attached hydrogens (primary N) is 1. The molecule has 24 heteroatoms. The number of hydrogen-bond donors (Lipinski definition) is 4. The van der Waals surface area contributed by atoms with Gasteiger partial charge in [-0.05, 0) is 61.7 Å². The maximum absolute atomic E-state index is 13.3. The minimum absolute atomic E-state index is 0.0666. The van der Waals surface area contributed by atoms with Crippen molar-refractivity contribution in [1.82, 2.24) is 14.1 Å². The first-order valence-electron chi connectivity index (χ1n) is 23.2. The van der Waals surface area contributed by atoms with Crippen LogP contribution in [0.3, 0.4) is 0 Å². The third-order valence-corrected chi connectivity index (χ3v) is 15.5. The third-order valence-electron chi connectivity index (χ3n) is 13.6. The number of cyclic esters (lactones) is 2. The van der Waals surface area contributed by atoms with Crippen molar-refractivity contribution < 1.29 is 70.8 Å². The topological polar surface area (TPSA) is 301 Å². The lowest BCUT2D eigenvalue weighted by Crippen LogP contribution is -2.44. The maximum atomic E-state index is 13.3. The fourth-order valence-electron chi connectivity index (χ4n) is 9.38. The van der Waals surface area contributed by atoms with E-state index >= 15 is 0 Å². The zero-order chi connectivity index (χ0) is 53.9. The highest BCUT2D eigenvalue weighted by molar-refractivity contribution is 9.09. The molecule has 0 aliphatic carbocycles. The zero-order valence-electron chi connectivity index (χ0n) is 40.2. The van der Waals surface area contributed by atoms with Gasteiger partial charge in [0.1, 0.15) is 13.2 Å². The number of alkyl halides is 2. The van der Waals surface area contributed by atoms with Crippen LogP contribution >= 0.6 is 31.9 Å². The number of aryl methyl sites for hydroxylation is 1. The number of fused-ring (bicyclic) bond motifs is 9. The summed E-state index contributed by atoms with van der Waals surface area (Å²) in [5, 5.41) is 23.1. The summed E-state index contributed by atoms with van der Waals surface area (Å²) in [7, 11) is -4.02. The Morgan fingerprint density at radius 3 is 1.81 bits per heavy atom. The Hall–Kier alpha value is -6.96. The van der Waals surface area contributed by atoms with Gasteiger partial charge in [-0.25, -0.2) is 14.6 Å². The number of ether oxygens (including phenoxy) is 6. The molecule has 0 spiro atoms. The molecule has 6 aliphatic heterocycles. The number of carbonyl (C=O) groups excluding carboxylic acids is 4. The smallest absolute Gasteiger partial charge is 0.343 e. The number of nitrogens with zero attached hydrogens (tertiary/aromatic N) is 3. The lowest BCUT2D eigenvalue weighted by atomic mass is 9.86. The molecule has 2 atom stereocenters. The summed E-state index contributed by atoms with van der Waals surface area (Å²) in [6.45, 7) is 5.92. The molecule has 9 heterocycles. The van der Waals surface area contributed by atoms with E-state index in [1.54, 1.807) is 48.7 Å². The van der Waals surface area contributed by atoms with Crippen LogP contribution in [0, 0.1) is 6.92 Å². The normalized spacial score (nSPS) is 18.9. The molecule has 3 aromatic carbocycles. The highest BCUT2D eigenvalue weighted by Crippen LogP contribution is 2.44. The summed E-state index contributed by atoms with van der Waals surface area (Å²) in [6, 6.07) is 16.1. The third kappa shape index (κ3) is 9.36. The van der Waals surface area contributed by atoms with Crippen molar-refractivity contribution in [3.8, 4) is 34.4 Å². The first kappa shape index (κ1) is 52.9. The van der Waals surface area contributed by atoms with Crippen molar-refractivity contribution in [3.63, 3.8) is 0 Å². The molecule has 0 fully saturated rings. The number of hydrogen-bond acceptors (Lipinski definition) is 18. The SMILES string of the molecule is CC[C@@]1(O)C(=O)OCc2c1cc1n(c2=O)CCC1=O.CC[C@@]1(O)C(=O)OCc2c1cc1n(c2=O)Cc2c-1nc1cc3c(cc1c2CBr)OCO3.Cc1ccc(S(=O)(=O)O)cc1.Nc1cc2c(cc1C(=O)CBr)OCO2. The number of nitrogen functional groups attached to an aromatic ring is 1. The second-order valence-electron chi connectivity index (χ2n) is 17.9. The standard InChI is InChI=1S/C22H17BrN2O6.C13H13NO5.C9H8BrNO3.C7H8O3S/c1-2-22(28)14-4-16-19-12(7-25(16)20(26)13(14)8-29-21(22)27)11(6-23)10-3-17-18(31-9-30-17)5-15(10)24-19;1-2-13(18)8-5-9-10(15)3-4-14(9)11(16)7(8)6-19-12(13)17;10-3-7(12)5-1-8-9(2-6(5)11)14-4-13-8;1-6-2-4-7(5-3-6)11(8,9)10/h3-5,28H,2,6-9H2,1H3;5,18H,2-4,6H2,1H3;1-2H,3-4,11H2;2-5H,1H3,(H,8,9,10)/t22-;13-;;/m00../s1. The number of Topliss-reactive ketones (excluding diaryl/α,β-unsaturated/α-hetero) is 2. The number of benzene rings is 3. The first-order valence-corrected chi connectivity index (χ1v) is 26.9. The van der Waals surface area contributed by atoms with Gasteiger partial charge < -0.3 is 53.5 Å². The molecular formula is C51H46Br2N4O17S. The number of ketones is 2. The highest BCUT2D eigenvalue weighted by atomic mass is 79.9. The van der Waals surface area contributed by atoms with Gasteiger partial charge in [0.25, 0.3) is 21.2 Å². The van der Waals surface area contributed by atoms with Crippen LogP contribution in [0.15, 0.2) is 75.1 Å². The number of pyridine rings is 3. The predicted octanol–water partition coefficient (Wildman–Crippen LogP) is 5.61. The van der Waals surface area contributed by atoms with Crippen molar-refractivity contribution in [2.24, 2.45) is 0 Å². The van der Waals surface area contributed by atoms with Crippen LogP contribution in [0.25, 0.3) is 22.3 Å². The molecule has 6 aliphatic rings. The molecule has 3 aromatic heterocycles. The summed E-state index contributed by atoms with van der Waals surface area (Å²) in [5.74, 6) is 0.755. The highest BCUT2D eigenvalue weighted by Gasteiger charge is 2.47. The molecule has 0 saturated heterocycles. The van der Waals surface area contributed by atoms with Gasteiger partial charge in [0.05, 0.1) is 50.5 Å². The van der Waals surface area contributed by atoms with E-state index in [1.165, 1.54) is 22.8 Å². The molecule has 0 bridgehead atoms. The van der Waals surface area contributed by atoms with Crippen molar-refractivity contribution in [2.75, 3.05) is 24.6 Å². The lowest BCUT2D eigenvalue weighted by Gasteiger charge is -2.31. The summed E-state index contributed by atoms with van der Waals surface area (Å²) < 4.78 is 63.9. The number of rotatable bonds is 6. The molecule has 0 amide bonds. The Bertz CT molecular complexity index is 3660. The number of halogens is 2. The largest absolute Gasteiger partial charge is 0.458 e. The Morgan fingerprint density at radius 1 is 0.733 bits per heavy atom. The summed E-state index contributed by atoms with van der Waals surface area (Å²) in [4.78, 5) is 77.6. The van der Waals surface area contributed by atoms with Crippen molar-refractivity contribution in [1.29, 1.82) is 0 Å². The summed E-state index contributed by atoms with van der Waals surface area (Å²) in [5.41, 5.74) is 8.52. The van der Waals surface area contributed by atoms with E-state index in [0.717, 1.165) is 27.6 Å². The van der Waals surface area contributed by atoms with E-state index in [4.69, 9.17) is 43.7 Å². The van der Waals surface area contributed by atoms with E-state index in [0.29, 0.717) is 75.2 Å². The van der Waals surface area contributed by atoms with Crippen molar-refractivity contribution in [2.45, 2.75) is 87.8 Å². The van der Waals surface area contributed by atoms with Gasteiger partial charge in [0.15, 0.2) is 45.8 Å². The summed E-state index contributed by atoms with van der Waals surface area (Å²) >= 11 is 6.68. The number of anilines is 1. The molecule has 0 saturated carbocycles. The van der Waals surface area contributed by atoms with E-state index in [9.17, 15) is 47.4 Å². The molecule has 12 rings (SSSR count). The Morgan fingerprint density at radius 2 is 1.27 bits per heavy atom. The molecule has 75 heavy (non-hydrogen) atoms. The number of esters is 2. The fourth-order valence-corrected chi connectivity index (χ4v) is 10.8. The van der Waals surface area contributed by atoms with Gasteiger partial charge >= 0.3 is 11.9 Å². The van der Waals surface area contributed by atoms with Gasteiger partial charge in [0, 0.05) is 63.8 Å². The minimum Gasteiger partial charge on any atom is -0.458 e. The number of carbonyl (C=O) groups is 4. The monoisotopic (exact) mass is 1180 g/mol. The second kappa shape index (κ2) is 20.3. The minimum atomic E-state index is -4.02. The molecule has 21 nitrogen and oxygen atoms in total. The Kier molecular flexibility index (Phi) is 14.3. The van der Waals surface area contributed by atoms with Crippen molar-refractivity contribution in [3.05, 3.63) is 132 Å². The van der Waals surface area contributed by atoms with Crippen LogP contribution in [-0.2, 0) is 72.0 Å². The quantitative estimate of drug-likeness (QED) is 0.0517. The van der Waals surface area contributed by atoms with Gasteiger partial charge in [0.2, 0.25) is 13.6 Å². The molecule has 0 radical (unpaired) electrons. The van der Waals surface area contributed by atoms with Gasteiger partial charge in [-0.15, -0.1) is 0 Å². The Balaban J connectivity index is 0.000000134. The van der Waals surface area contributed by atoms with Crippen LogP contribution in [-0.4, -0.2) is 79.7 Å². The predicted molar refractivity (Wildman–Crippen MR) is 273 cm³/mol.